The molecule has 56 heavy (non-hydrogen) atoms. The number of aromatic amines is 1. The molecule has 0 saturated heterocycles. The summed E-state index contributed by atoms with van der Waals surface area (Å²) in [5.41, 5.74) is -3.27. The molecule has 5 aromatic rings. The van der Waals surface area contributed by atoms with Gasteiger partial charge in [0.05, 0.1) is 27.8 Å². The molecule has 29 heteroatoms. The number of nitrogens with one attached hydrogen (secondary N) is 3. The van der Waals surface area contributed by atoms with Crippen LogP contribution in [0.2, 0.25) is 5.28 Å². The third kappa shape index (κ3) is 10.3. The molecule has 24 nitrogen and oxygen atoms in total. The fraction of sp³-hybridized carbons (Fsp3) is 0.0741. The molecule has 0 bridgehead atoms. The van der Waals surface area contributed by atoms with E-state index >= 15 is 0 Å². The van der Waals surface area contributed by atoms with E-state index in [1.165, 1.54) is 24.3 Å². The number of hydrogen-bond acceptors (Lipinski definition) is 18. The summed E-state index contributed by atoms with van der Waals surface area (Å²) in [6.07, 6.45) is 0. The molecule has 3 aromatic carbocycles. The van der Waals surface area contributed by atoms with Crippen molar-refractivity contribution in [2.24, 2.45) is 10.2 Å². The van der Waals surface area contributed by atoms with E-state index in [2.05, 4.69) is 45.1 Å². The quantitative estimate of drug-likeness (QED) is 0.0587. The second-order valence-electron chi connectivity index (χ2n) is 10.7. The highest BCUT2D eigenvalue weighted by molar-refractivity contribution is 7.91. The van der Waals surface area contributed by atoms with Crippen LogP contribution < -0.4 is 16.2 Å². The Kier molecular flexibility index (Phi) is 11.7. The molecule has 296 valence electrons. The highest BCUT2D eigenvalue weighted by Gasteiger charge is 2.23. The largest absolute Gasteiger partial charge is 0.476 e. The van der Waals surface area contributed by atoms with E-state index in [4.69, 9.17) is 16.2 Å². The summed E-state index contributed by atoms with van der Waals surface area (Å²) in [5.74, 6) is -2.90. The lowest BCUT2D eigenvalue weighted by Gasteiger charge is -2.10. The Hall–Kier alpha value is -5.72. The lowest BCUT2D eigenvalue weighted by molar-refractivity contribution is 0.0690. The number of carboxylic acid groups (broad SMARTS) is 1. The number of anilines is 4. The number of carboxylic acids is 1. The van der Waals surface area contributed by atoms with Crippen molar-refractivity contribution in [2.45, 2.75) is 14.7 Å². The average molecular weight is 876 g/mol. The number of azo groups is 1. The number of aromatic carboxylic acids is 1. The lowest BCUT2D eigenvalue weighted by Crippen LogP contribution is -2.15. The minimum atomic E-state index is -5.00. The zero-order chi connectivity index (χ0) is 41.2. The third-order valence-electron chi connectivity index (χ3n) is 6.89. The molecular weight excluding hydrogens is 854 g/mol. The lowest BCUT2D eigenvalue weighted by atomic mass is 10.3. The van der Waals surface area contributed by atoms with Gasteiger partial charge in [-0.05, 0) is 78.3 Å². The first-order valence-corrected chi connectivity index (χ1v) is 20.9. The molecule has 0 aliphatic rings. The van der Waals surface area contributed by atoms with Gasteiger partial charge in [0.1, 0.15) is 10.6 Å². The van der Waals surface area contributed by atoms with Gasteiger partial charge in [-0.1, -0.05) is 0 Å². The Morgan fingerprint density at radius 3 is 1.91 bits per heavy atom. The summed E-state index contributed by atoms with van der Waals surface area (Å²) in [5, 5.41) is 24.4. The number of benzene rings is 3. The van der Waals surface area contributed by atoms with Crippen LogP contribution in [0.4, 0.5) is 34.6 Å². The number of rotatable bonds is 15. The van der Waals surface area contributed by atoms with Crippen LogP contribution in [0.3, 0.4) is 0 Å². The molecule has 0 saturated carbocycles. The van der Waals surface area contributed by atoms with Crippen LogP contribution in [0.15, 0.2) is 96.4 Å². The first kappa shape index (κ1) is 41.4. The first-order valence-electron chi connectivity index (χ1n) is 14.6. The second kappa shape index (κ2) is 15.8. The molecule has 0 radical (unpaired) electrons. The van der Waals surface area contributed by atoms with Crippen molar-refractivity contribution in [3.05, 3.63) is 88.1 Å². The van der Waals surface area contributed by atoms with E-state index in [-0.39, 0.29) is 39.1 Å². The van der Waals surface area contributed by atoms with Crippen LogP contribution in [-0.4, -0.2) is 95.5 Å². The van der Waals surface area contributed by atoms with Gasteiger partial charge in [-0.25, -0.2) is 22.1 Å². The number of halogens is 1. The maximum atomic E-state index is 13.2. The number of nitrogens with zero attached hydrogens (tertiary/aromatic N) is 6. The molecule has 5 rings (SSSR count). The molecule has 2 heterocycles. The molecule has 0 aliphatic carbocycles. The Bertz CT molecular complexity index is 2890. The van der Waals surface area contributed by atoms with Crippen LogP contribution in [0.25, 0.3) is 5.69 Å². The van der Waals surface area contributed by atoms with Gasteiger partial charge >= 0.3 is 16.4 Å². The van der Waals surface area contributed by atoms with Crippen LogP contribution in [0, 0.1) is 0 Å². The van der Waals surface area contributed by atoms with E-state index in [9.17, 15) is 57.5 Å². The number of hydrogen-bond donors (Lipinski definition) is 7. The molecule has 0 aliphatic heterocycles. The normalized spacial score (nSPS) is 12.5. The van der Waals surface area contributed by atoms with Crippen molar-refractivity contribution in [1.82, 2.24) is 24.7 Å². The summed E-state index contributed by atoms with van der Waals surface area (Å²) in [7, 11) is -18.4. The first-order chi connectivity index (χ1) is 26.0. The minimum absolute atomic E-state index is 0.0176. The summed E-state index contributed by atoms with van der Waals surface area (Å²) in [4.78, 5) is 35.5. The zero-order valence-electron chi connectivity index (χ0n) is 27.2. The van der Waals surface area contributed by atoms with Crippen LogP contribution in [0.5, 0.6) is 0 Å². The molecule has 0 atom stereocenters. The third-order valence-corrected chi connectivity index (χ3v) is 11.0. The molecule has 2 aromatic heterocycles. The van der Waals surface area contributed by atoms with Crippen LogP contribution >= 0.6 is 11.6 Å². The topological polar surface area (TPSA) is 369 Å². The molecule has 0 unspecified atom stereocenters. The number of sulfone groups is 1. The van der Waals surface area contributed by atoms with Crippen molar-refractivity contribution in [1.29, 1.82) is 0 Å². The van der Waals surface area contributed by atoms with Crippen molar-refractivity contribution >= 4 is 92.7 Å². The maximum absolute atomic E-state index is 13.2. The minimum Gasteiger partial charge on any atom is -0.476 e. The van der Waals surface area contributed by atoms with Crippen molar-refractivity contribution in [2.75, 3.05) is 23.0 Å². The Balaban J connectivity index is 1.41. The van der Waals surface area contributed by atoms with Gasteiger partial charge in [0.15, 0.2) is 21.2 Å². The Morgan fingerprint density at radius 2 is 1.36 bits per heavy atom. The predicted octanol–water partition coefficient (Wildman–Crippen LogP) is 2.69. The highest BCUT2D eigenvalue weighted by Crippen LogP contribution is 2.31. The summed E-state index contributed by atoms with van der Waals surface area (Å²) in [6.45, 7) is -0.829. The standard InChI is InChI=1S/C27H22ClN9O15S4/c28-25-31-26(29-14-1-6-17(7-2-14)53(41,42)12-11-52-56(49,50)51)33-27(32-25)30-15-3-10-20(55(46,47)48)19(13-15)34-35-21-22(24(39)40)36-37(23(21)38)16-4-8-18(9-5-16)54(43,44)45/h1-10,13,36H,11-12H2,(H,39,40)(H,43,44,45)(H,46,47,48)(H,49,50,51)(H2,29,30,31,32,33). The molecular formula is C27H22ClN9O15S4. The fourth-order valence-corrected chi connectivity index (χ4v) is 7.18. The van der Waals surface area contributed by atoms with E-state index in [1.807, 2.05) is 0 Å². The summed E-state index contributed by atoms with van der Waals surface area (Å²) in [6, 6.07) is 12.0. The number of carbonyl (C=O) groups is 1. The van der Waals surface area contributed by atoms with E-state index < -0.39 is 91.2 Å². The van der Waals surface area contributed by atoms with Gasteiger partial charge < -0.3 is 15.7 Å². The fourth-order valence-electron chi connectivity index (χ4n) is 4.45. The van der Waals surface area contributed by atoms with Gasteiger partial charge in [0, 0.05) is 11.4 Å². The van der Waals surface area contributed by atoms with Crippen LogP contribution in [0.1, 0.15) is 10.5 Å². The molecule has 0 spiro atoms. The molecule has 0 amide bonds. The monoisotopic (exact) mass is 875 g/mol. The number of aromatic nitrogens is 5. The Labute approximate surface area is 319 Å². The average Bonchev–Trinajstić information content (AvgIpc) is 3.42. The van der Waals surface area contributed by atoms with E-state index in [1.54, 1.807) is 0 Å². The number of H-pyrrole nitrogens is 1. The van der Waals surface area contributed by atoms with E-state index in [0.717, 1.165) is 42.5 Å². The van der Waals surface area contributed by atoms with Crippen molar-refractivity contribution < 1.29 is 61.4 Å². The molecule has 7 N–H and O–H groups in total. The van der Waals surface area contributed by atoms with Gasteiger partial charge in [0.2, 0.25) is 17.2 Å². The zero-order valence-corrected chi connectivity index (χ0v) is 31.3. The highest BCUT2D eigenvalue weighted by atomic mass is 35.5. The summed E-state index contributed by atoms with van der Waals surface area (Å²) >= 11 is 6.05. The van der Waals surface area contributed by atoms with Gasteiger partial charge in [0.25, 0.3) is 25.8 Å². The predicted molar refractivity (Wildman–Crippen MR) is 191 cm³/mol. The van der Waals surface area contributed by atoms with Gasteiger partial charge in [-0.3, -0.25) is 23.6 Å². The van der Waals surface area contributed by atoms with E-state index in [0.29, 0.717) is 4.68 Å². The SMILES string of the molecule is O=C(O)c1[nH]n(-c2ccc(S(=O)(=O)O)cc2)c(=O)c1N=Nc1cc(Nc2nc(Cl)nc(Nc3ccc(S(=O)(=O)CCOS(=O)(=O)O)cc3)n2)ccc1S(=O)(=O)O. The van der Waals surface area contributed by atoms with Gasteiger partial charge in [-0.15, -0.1) is 10.2 Å². The molecule has 0 fully saturated rings. The van der Waals surface area contributed by atoms with Crippen molar-refractivity contribution in [3.63, 3.8) is 0 Å². The maximum Gasteiger partial charge on any atom is 0.397 e. The summed E-state index contributed by atoms with van der Waals surface area (Å²) < 4.78 is 126. The second-order valence-corrected chi connectivity index (χ2v) is 17.1. The smallest absolute Gasteiger partial charge is 0.397 e. The van der Waals surface area contributed by atoms with Crippen LogP contribution in [-0.2, 0) is 44.7 Å². The Morgan fingerprint density at radius 1 is 0.786 bits per heavy atom. The van der Waals surface area contributed by atoms with Gasteiger partial charge in [-0.2, -0.15) is 40.2 Å². The van der Waals surface area contributed by atoms with Crippen molar-refractivity contribution in [3.8, 4) is 5.69 Å².